The molecule has 1 unspecified atom stereocenters. The summed E-state index contributed by atoms with van der Waals surface area (Å²) in [5.41, 5.74) is 0. The Kier molecular flexibility index (Phi) is 7.74. The summed E-state index contributed by atoms with van der Waals surface area (Å²) >= 11 is 0. The van der Waals surface area contributed by atoms with Crippen molar-refractivity contribution in [3.63, 3.8) is 0 Å². The fraction of sp³-hybridized carbons (Fsp3) is 0.750. The van der Waals surface area contributed by atoms with Crippen LogP contribution in [0.5, 0.6) is 0 Å². The van der Waals surface area contributed by atoms with Gasteiger partial charge in [-0.15, -0.1) is 0 Å². The molecule has 0 heterocycles. The van der Waals surface area contributed by atoms with Crippen molar-refractivity contribution >= 4 is 17.8 Å². The predicted molar refractivity (Wildman–Crippen MR) is 64.7 cm³/mol. The molecule has 0 aliphatic rings. The number of ether oxygens (including phenoxy) is 2. The van der Waals surface area contributed by atoms with Crippen LogP contribution in [0.25, 0.3) is 0 Å². The van der Waals surface area contributed by atoms with E-state index < -0.39 is 18.0 Å². The number of carbonyl (C=O) groups is 3. The molecule has 0 fully saturated rings. The Labute approximate surface area is 107 Å². The van der Waals surface area contributed by atoms with E-state index in [9.17, 15) is 14.4 Å². The third-order valence-electron chi connectivity index (χ3n) is 2.30. The van der Waals surface area contributed by atoms with Gasteiger partial charge in [-0.05, 0) is 12.8 Å². The van der Waals surface area contributed by atoms with Gasteiger partial charge >= 0.3 is 11.9 Å². The van der Waals surface area contributed by atoms with Gasteiger partial charge in [0.25, 0.3) is 0 Å². The minimum Gasteiger partial charge on any atom is -0.467 e. The molecule has 0 aliphatic heterocycles. The van der Waals surface area contributed by atoms with E-state index in [1.54, 1.807) is 20.8 Å². The van der Waals surface area contributed by atoms with E-state index in [1.807, 2.05) is 0 Å². The summed E-state index contributed by atoms with van der Waals surface area (Å²) in [5.74, 6) is -1.36. The minimum atomic E-state index is -0.690. The maximum atomic E-state index is 11.6. The van der Waals surface area contributed by atoms with Crippen molar-refractivity contribution in [3.8, 4) is 0 Å². The second-order valence-electron chi connectivity index (χ2n) is 4.12. The highest BCUT2D eigenvalue weighted by Crippen LogP contribution is 2.04. The minimum absolute atomic E-state index is 0.000945. The van der Waals surface area contributed by atoms with Crippen LogP contribution < -0.4 is 5.32 Å². The number of methoxy groups -OCH3 is 1. The summed E-state index contributed by atoms with van der Waals surface area (Å²) in [4.78, 5) is 34.0. The van der Waals surface area contributed by atoms with Gasteiger partial charge in [0.1, 0.15) is 6.04 Å². The van der Waals surface area contributed by atoms with E-state index in [4.69, 9.17) is 4.74 Å². The molecule has 0 aromatic rings. The maximum absolute atomic E-state index is 11.6. The van der Waals surface area contributed by atoms with Crippen LogP contribution in [0.1, 0.15) is 33.6 Å². The molecule has 6 nitrogen and oxygen atoms in total. The van der Waals surface area contributed by atoms with Crippen LogP contribution in [0.2, 0.25) is 0 Å². The van der Waals surface area contributed by atoms with Crippen molar-refractivity contribution in [2.75, 3.05) is 13.7 Å². The zero-order valence-corrected chi connectivity index (χ0v) is 11.3. The quantitative estimate of drug-likeness (QED) is 0.679. The van der Waals surface area contributed by atoms with Gasteiger partial charge in [0.05, 0.1) is 20.1 Å². The second kappa shape index (κ2) is 8.49. The molecule has 6 heteroatoms. The topological polar surface area (TPSA) is 81.7 Å². The van der Waals surface area contributed by atoms with E-state index >= 15 is 0 Å². The first-order chi connectivity index (χ1) is 8.42. The lowest BCUT2D eigenvalue weighted by Crippen LogP contribution is -2.45. The number of amides is 1. The van der Waals surface area contributed by atoms with E-state index in [1.165, 1.54) is 7.11 Å². The lowest BCUT2D eigenvalue weighted by atomic mass is 10.0. The highest BCUT2D eigenvalue weighted by Gasteiger charge is 2.24. The Hall–Kier alpha value is -1.59. The molecule has 1 N–H and O–H groups in total. The standard InChI is InChI=1S/C12H21NO5/c1-5-18-10(15)7-6-9(14)13-11(8(2)3)12(16)17-4/h8,11H,5-7H2,1-4H3,(H,13,14). The van der Waals surface area contributed by atoms with Crippen molar-refractivity contribution in [3.05, 3.63) is 0 Å². The normalized spacial score (nSPS) is 11.8. The molecule has 0 rings (SSSR count). The summed E-state index contributed by atoms with van der Waals surface area (Å²) in [6.07, 6.45) is 0.00467. The third kappa shape index (κ3) is 6.22. The SMILES string of the molecule is CCOC(=O)CCC(=O)NC(C(=O)OC)C(C)C. The van der Waals surface area contributed by atoms with Crippen LogP contribution in [0.4, 0.5) is 0 Å². The Bertz CT molecular complexity index is 301. The molecule has 0 aliphatic carbocycles. The molecule has 0 aromatic carbocycles. The van der Waals surface area contributed by atoms with Gasteiger partial charge in [-0.1, -0.05) is 13.8 Å². The number of hydrogen-bond donors (Lipinski definition) is 1. The Morgan fingerprint density at radius 3 is 2.22 bits per heavy atom. The molecule has 0 aromatic heterocycles. The molecule has 0 spiro atoms. The third-order valence-corrected chi connectivity index (χ3v) is 2.30. The Morgan fingerprint density at radius 2 is 1.78 bits per heavy atom. The van der Waals surface area contributed by atoms with Crippen LogP contribution in [-0.4, -0.2) is 37.6 Å². The summed E-state index contributed by atoms with van der Waals surface area (Å²) in [6, 6.07) is -0.690. The molecular formula is C12H21NO5. The largest absolute Gasteiger partial charge is 0.467 e. The van der Waals surface area contributed by atoms with E-state index in [0.29, 0.717) is 0 Å². The fourth-order valence-electron chi connectivity index (χ4n) is 1.32. The molecule has 0 saturated carbocycles. The van der Waals surface area contributed by atoms with Gasteiger partial charge < -0.3 is 14.8 Å². The molecular weight excluding hydrogens is 238 g/mol. The molecule has 0 radical (unpaired) electrons. The summed E-state index contributed by atoms with van der Waals surface area (Å²) in [6.45, 7) is 5.58. The van der Waals surface area contributed by atoms with Crippen molar-refractivity contribution in [1.82, 2.24) is 5.32 Å². The summed E-state index contributed by atoms with van der Waals surface area (Å²) < 4.78 is 9.30. The average molecular weight is 259 g/mol. The predicted octanol–water partition coefficient (Wildman–Crippen LogP) is 0.643. The summed E-state index contributed by atoms with van der Waals surface area (Å²) in [7, 11) is 1.27. The van der Waals surface area contributed by atoms with Gasteiger partial charge in [-0.3, -0.25) is 9.59 Å². The smallest absolute Gasteiger partial charge is 0.328 e. The van der Waals surface area contributed by atoms with Gasteiger partial charge in [0.2, 0.25) is 5.91 Å². The van der Waals surface area contributed by atoms with Gasteiger partial charge in [-0.2, -0.15) is 0 Å². The van der Waals surface area contributed by atoms with Crippen LogP contribution in [-0.2, 0) is 23.9 Å². The van der Waals surface area contributed by atoms with Gasteiger partial charge in [0.15, 0.2) is 0 Å². The molecule has 18 heavy (non-hydrogen) atoms. The van der Waals surface area contributed by atoms with E-state index in [-0.39, 0.29) is 31.3 Å². The average Bonchev–Trinajstić information content (AvgIpc) is 2.32. The Morgan fingerprint density at radius 1 is 1.17 bits per heavy atom. The maximum Gasteiger partial charge on any atom is 0.328 e. The van der Waals surface area contributed by atoms with Crippen molar-refractivity contribution in [2.45, 2.75) is 39.7 Å². The number of nitrogens with one attached hydrogen (secondary N) is 1. The molecule has 0 bridgehead atoms. The molecule has 1 atom stereocenters. The second-order valence-corrected chi connectivity index (χ2v) is 4.12. The summed E-state index contributed by atoms with van der Waals surface area (Å²) in [5, 5.41) is 2.54. The molecule has 0 saturated heterocycles. The van der Waals surface area contributed by atoms with Crippen molar-refractivity contribution in [2.24, 2.45) is 5.92 Å². The first-order valence-corrected chi connectivity index (χ1v) is 5.95. The monoisotopic (exact) mass is 259 g/mol. The fourth-order valence-corrected chi connectivity index (χ4v) is 1.32. The van der Waals surface area contributed by atoms with Crippen molar-refractivity contribution < 1.29 is 23.9 Å². The van der Waals surface area contributed by atoms with Gasteiger partial charge in [-0.25, -0.2) is 4.79 Å². The van der Waals surface area contributed by atoms with Crippen LogP contribution in [0.15, 0.2) is 0 Å². The van der Waals surface area contributed by atoms with E-state index in [0.717, 1.165) is 0 Å². The molecule has 104 valence electrons. The first kappa shape index (κ1) is 16.4. The van der Waals surface area contributed by atoms with Crippen molar-refractivity contribution in [1.29, 1.82) is 0 Å². The highest BCUT2D eigenvalue weighted by molar-refractivity contribution is 5.86. The molecule has 1 amide bonds. The number of carbonyl (C=O) groups excluding carboxylic acids is 3. The first-order valence-electron chi connectivity index (χ1n) is 5.95. The number of esters is 2. The van der Waals surface area contributed by atoms with Gasteiger partial charge in [0, 0.05) is 6.42 Å². The zero-order chi connectivity index (χ0) is 14.1. The number of rotatable bonds is 7. The highest BCUT2D eigenvalue weighted by atomic mass is 16.5. The Balaban J connectivity index is 4.19. The van der Waals surface area contributed by atoms with Crippen LogP contribution in [0, 0.1) is 5.92 Å². The van der Waals surface area contributed by atoms with Crippen LogP contribution in [0.3, 0.4) is 0 Å². The lowest BCUT2D eigenvalue weighted by Gasteiger charge is -2.19. The number of hydrogen-bond acceptors (Lipinski definition) is 5. The van der Waals surface area contributed by atoms with E-state index in [2.05, 4.69) is 10.1 Å². The van der Waals surface area contributed by atoms with Crippen LogP contribution >= 0.6 is 0 Å². The zero-order valence-electron chi connectivity index (χ0n) is 11.3. The lowest BCUT2D eigenvalue weighted by molar-refractivity contribution is -0.147.